The lowest BCUT2D eigenvalue weighted by atomic mass is 10.2. The van der Waals surface area contributed by atoms with E-state index in [0.717, 1.165) is 11.3 Å². The molecule has 1 rings (SSSR count). The topological polar surface area (TPSA) is 102 Å². The van der Waals surface area contributed by atoms with E-state index in [1.54, 1.807) is 12.3 Å². The Bertz CT molecular complexity index is 464. The minimum atomic E-state index is -1.09. The molecule has 1 atom stereocenters. The maximum absolute atomic E-state index is 11.4. The van der Waals surface area contributed by atoms with Gasteiger partial charge in [-0.1, -0.05) is 0 Å². The van der Waals surface area contributed by atoms with E-state index < -0.39 is 12.0 Å². The average Bonchev–Trinajstić information content (AvgIpc) is 2.74. The van der Waals surface area contributed by atoms with Crippen molar-refractivity contribution in [3.8, 4) is 6.07 Å². The van der Waals surface area contributed by atoms with Crippen LogP contribution in [0.4, 0.5) is 9.80 Å². The van der Waals surface area contributed by atoms with Crippen molar-refractivity contribution in [1.29, 1.82) is 5.26 Å². The molecule has 3 N–H and O–H groups in total. The van der Waals surface area contributed by atoms with Crippen molar-refractivity contribution in [2.45, 2.75) is 6.92 Å². The summed E-state index contributed by atoms with van der Waals surface area (Å²) in [6.45, 7) is 1.89. The molecule has 0 aromatic carbocycles. The molecule has 1 aromatic rings. The fourth-order valence-electron chi connectivity index (χ4n) is 1.01. The molecule has 2 amide bonds. The summed E-state index contributed by atoms with van der Waals surface area (Å²) in [5.74, 6) is -1.38. The van der Waals surface area contributed by atoms with Crippen LogP contribution in [0.2, 0.25) is 0 Å². The first-order valence-corrected chi connectivity index (χ1v) is 5.67. The van der Waals surface area contributed by atoms with Crippen LogP contribution < -0.4 is 10.6 Å². The molecule has 0 radical (unpaired) electrons. The van der Waals surface area contributed by atoms with Crippen LogP contribution in [-0.4, -0.2) is 23.7 Å². The first kappa shape index (κ1) is 13.0. The molecule has 0 aliphatic rings. The second-order valence-corrected chi connectivity index (χ2v) is 4.25. The molecule has 0 bridgehead atoms. The third-order valence-corrected chi connectivity index (χ3v) is 2.74. The molecule has 1 aromatic heterocycles. The number of nitrogens with one attached hydrogen (secondary N) is 2. The van der Waals surface area contributed by atoms with Gasteiger partial charge in [-0.3, -0.25) is 5.32 Å². The normalized spacial score (nSPS) is 11.3. The van der Waals surface area contributed by atoms with Crippen molar-refractivity contribution in [2.24, 2.45) is 5.92 Å². The summed E-state index contributed by atoms with van der Waals surface area (Å²) in [6, 6.07) is 2.88. The average molecular weight is 253 g/mol. The number of amides is 2. The fraction of sp³-hybridized carbons (Fsp3) is 0.300. The number of carbonyl (C=O) groups excluding carboxylic acids is 1. The molecule has 0 aliphatic heterocycles. The van der Waals surface area contributed by atoms with Gasteiger partial charge in [0.15, 0.2) is 0 Å². The molecule has 0 aliphatic carbocycles. The Labute approximate surface area is 102 Å². The molecule has 0 fully saturated rings. The Morgan fingerprint density at radius 2 is 2.35 bits per heavy atom. The number of hydrogen-bond donors (Lipinski definition) is 3. The van der Waals surface area contributed by atoms with Gasteiger partial charge < -0.3 is 10.4 Å². The fourth-order valence-corrected chi connectivity index (χ4v) is 1.79. The van der Waals surface area contributed by atoms with Crippen LogP contribution in [0, 0.1) is 17.2 Å². The molecule has 1 unspecified atom stereocenters. The van der Waals surface area contributed by atoms with Crippen molar-refractivity contribution in [3.63, 3.8) is 0 Å². The van der Waals surface area contributed by atoms with Crippen LogP contribution in [0.3, 0.4) is 0 Å². The van der Waals surface area contributed by atoms with E-state index in [9.17, 15) is 9.59 Å². The maximum Gasteiger partial charge on any atom is 0.338 e. The molecule has 0 spiro atoms. The second kappa shape index (κ2) is 5.86. The quantitative estimate of drug-likeness (QED) is 0.760. The van der Waals surface area contributed by atoms with Crippen LogP contribution >= 0.6 is 11.3 Å². The molecule has 1 heterocycles. The summed E-state index contributed by atoms with van der Waals surface area (Å²) in [6.07, 6.45) is 0. The number of rotatable bonds is 4. The summed E-state index contributed by atoms with van der Waals surface area (Å²) in [4.78, 5) is 22.2. The number of nitriles is 1. The van der Waals surface area contributed by atoms with Crippen molar-refractivity contribution in [1.82, 2.24) is 5.32 Å². The number of urea groups is 1. The van der Waals surface area contributed by atoms with Crippen LogP contribution in [0.1, 0.15) is 17.3 Å². The van der Waals surface area contributed by atoms with Crippen LogP contribution in [0.5, 0.6) is 0 Å². The highest BCUT2D eigenvalue weighted by atomic mass is 32.1. The van der Waals surface area contributed by atoms with Gasteiger partial charge in [-0.2, -0.15) is 5.26 Å². The molecular formula is C10H11N3O3S. The third kappa shape index (κ3) is 3.77. The van der Waals surface area contributed by atoms with E-state index in [2.05, 4.69) is 10.6 Å². The van der Waals surface area contributed by atoms with Gasteiger partial charge in [-0.15, -0.1) is 11.3 Å². The van der Waals surface area contributed by atoms with Crippen molar-refractivity contribution in [2.75, 3.05) is 11.9 Å². The van der Waals surface area contributed by atoms with E-state index in [0.29, 0.717) is 0 Å². The molecule has 7 heteroatoms. The molecule has 0 saturated carbocycles. The molecule has 6 nitrogen and oxygen atoms in total. The summed E-state index contributed by atoms with van der Waals surface area (Å²) in [7, 11) is 0. The highest BCUT2D eigenvalue weighted by molar-refractivity contribution is 7.14. The van der Waals surface area contributed by atoms with E-state index in [-0.39, 0.29) is 23.0 Å². The van der Waals surface area contributed by atoms with E-state index in [1.165, 1.54) is 6.07 Å². The molecule has 17 heavy (non-hydrogen) atoms. The third-order valence-electron chi connectivity index (χ3n) is 1.91. The standard InChI is InChI=1S/C10H11N3O3S/c1-6(4-11)5-12-10(16)13-8-7(9(14)15)2-3-17-8/h2-3,6H,5H2,1H3,(H,14,15)(H2,12,13,16). The van der Waals surface area contributed by atoms with Gasteiger partial charge in [-0.25, -0.2) is 9.59 Å². The maximum atomic E-state index is 11.4. The molecular weight excluding hydrogens is 242 g/mol. The Kier molecular flexibility index (Phi) is 4.48. The lowest BCUT2D eigenvalue weighted by Gasteiger charge is -2.07. The highest BCUT2D eigenvalue weighted by Gasteiger charge is 2.13. The van der Waals surface area contributed by atoms with Gasteiger partial charge in [0.1, 0.15) is 5.00 Å². The number of thiophene rings is 1. The van der Waals surface area contributed by atoms with Crippen molar-refractivity contribution in [3.05, 3.63) is 17.0 Å². The Morgan fingerprint density at radius 1 is 1.65 bits per heavy atom. The lowest BCUT2D eigenvalue weighted by molar-refractivity contribution is 0.0698. The Balaban J connectivity index is 2.54. The minimum Gasteiger partial charge on any atom is -0.478 e. The van der Waals surface area contributed by atoms with Crippen LogP contribution in [0.15, 0.2) is 11.4 Å². The van der Waals surface area contributed by atoms with E-state index in [4.69, 9.17) is 10.4 Å². The predicted octanol–water partition coefficient (Wildman–Crippen LogP) is 1.73. The summed E-state index contributed by atoms with van der Waals surface area (Å²) < 4.78 is 0. The number of carboxylic acids is 1. The van der Waals surface area contributed by atoms with Crippen LogP contribution in [-0.2, 0) is 0 Å². The Morgan fingerprint density at radius 3 is 2.94 bits per heavy atom. The lowest BCUT2D eigenvalue weighted by Crippen LogP contribution is -2.32. The zero-order valence-corrected chi connectivity index (χ0v) is 9.87. The van der Waals surface area contributed by atoms with Crippen LogP contribution in [0.25, 0.3) is 0 Å². The first-order chi connectivity index (χ1) is 8.04. The van der Waals surface area contributed by atoms with Crippen molar-refractivity contribution < 1.29 is 14.7 Å². The monoisotopic (exact) mass is 253 g/mol. The zero-order chi connectivity index (χ0) is 12.8. The second-order valence-electron chi connectivity index (χ2n) is 3.33. The van der Waals surface area contributed by atoms with E-state index >= 15 is 0 Å². The minimum absolute atomic E-state index is 0.0541. The predicted molar refractivity (Wildman–Crippen MR) is 63.1 cm³/mol. The highest BCUT2D eigenvalue weighted by Crippen LogP contribution is 2.22. The van der Waals surface area contributed by atoms with Crippen molar-refractivity contribution >= 4 is 28.3 Å². The number of nitrogens with zero attached hydrogens (tertiary/aromatic N) is 1. The summed E-state index contributed by atoms with van der Waals surface area (Å²) >= 11 is 1.13. The number of aromatic carboxylic acids is 1. The zero-order valence-electron chi connectivity index (χ0n) is 9.06. The van der Waals surface area contributed by atoms with Gasteiger partial charge in [0.25, 0.3) is 0 Å². The smallest absolute Gasteiger partial charge is 0.338 e. The largest absolute Gasteiger partial charge is 0.478 e. The van der Waals surface area contributed by atoms with Gasteiger partial charge in [0.2, 0.25) is 0 Å². The number of anilines is 1. The number of carboxylic acid groups (broad SMARTS) is 1. The summed E-state index contributed by atoms with van der Waals surface area (Å²) in [5, 5.41) is 24.1. The first-order valence-electron chi connectivity index (χ1n) is 4.80. The van der Waals surface area contributed by atoms with Gasteiger partial charge in [0.05, 0.1) is 17.6 Å². The van der Waals surface area contributed by atoms with Gasteiger partial charge in [0, 0.05) is 6.54 Å². The Hall–Kier alpha value is -2.07. The van der Waals surface area contributed by atoms with Gasteiger partial charge in [-0.05, 0) is 18.4 Å². The SMILES string of the molecule is CC(C#N)CNC(=O)Nc1sccc1C(=O)O. The summed E-state index contributed by atoms with van der Waals surface area (Å²) in [5.41, 5.74) is 0.0541. The van der Waals surface area contributed by atoms with Gasteiger partial charge >= 0.3 is 12.0 Å². The molecule has 90 valence electrons. The van der Waals surface area contributed by atoms with E-state index in [1.807, 2.05) is 6.07 Å². The number of hydrogen-bond acceptors (Lipinski definition) is 4. The number of carbonyl (C=O) groups is 2. The molecule has 0 saturated heterocycles.